The van der Waals surface area contributed by atoms with Crippen molar-refractivity contribution in [2.45, 2.75) is 25.4 Å². The number of nitrogens with zero attached hydrogens (tertiary/aromatic N) is 5. The topological polar surface area (TPSA) is 45.7 Å². The van der Waals surface area contributed by atoms with E-state index in [1.165, 1.54) is 24.3 Å². The van der Waals surface area contributed by atoms with Crippen LogP contribution in [0, 0.1) is 18.2 Å². The van der Waals surface area contributed by atoms with Gasteiger partial charge in [-0.25, -0.2) is 8.78 Å². The zero-order valence-corrected chi connectivity index (χ0v) is 22.2. The molecule has 4 aromatic rings. The summed E-state index contributed by atoms with van der Waals surface area (Å²) in [6, 6.07) is 17.9. The lowest BCUT2D eigenvalue weighted by molar-refractivity contribution is 0.135. The molecule has 0 amide bonds. The van der Waals surface area contributed by atoms with Gasteiger partial charge in [0.15, 0.2) is 0 Å². The number of benzene rings is 2. The smallest absolute Gasteiger partial charge is 0.270 e. The molecule has 2 aromatic carbocycles. The third kappa shape index (κ3) is 5.15. The van der Waals surface area contributed by atoms with E-state index in [2.05, 4.69) is 26.6 Å². The Hall–Kier alpha value is -3.74. The van der Waals surface area contributed by atoms with Crippen LogP contribution in [-0.4, -0.2) is 40.1 Å². The molecule has 196 valence electrons. The Kier molecular flexibility index (Phi) is 8.14. The SMILES string of the molecule is S.[C-]#[N+]c1ccc2c(n1)c(N1CCN(C(c3ccc(F)cc3)c3ccc(F)cc3)[C@@H](CC)C1)cc(=O)n2C. The number of piperazine rings is 1. The van der Waals surface area contributed by atoms with E-state index in [4.69, 9.17) is 6.57 Å². The van der Waals surface area contributed by atoms with Gasteiger partial charge in [0.05, 0.1) is 17.2 Å². The molecular weight excluding hydrogens is 504 g/mol. The summed E-state index contributed by atoms with van der Waals surface area (Å²) in [4.78, 5) is 25.3. The first-order chi connectivity index (χ1) is 17.9. The van der Waals surface area contributed by atoms with Gasteiger partial charge in [0.25, 0.3) is 11.4 Å². The third-order valence-corrected chi connectivity index (χ3v) is 7.21. The normalized spacial score (nSPS) is 15.9. The first-order valence-corrected chi connectivity index (χ1v) is 12.3. The Morgan fingerprint density at radius 3 is 2.16 bits per heavy atom. The van der Waals surface area contributed by atoms with E-state index in [-0.39, 0.29) is 48.6 Å². The summed E-state index contributed by atoms with van der Waals surface area (Å²) in [7, 11) is 1.70. The van der Waals surface area contributed by atoms with Crippen molar-refractivity contribution in [1.29, 1.82) is 0 Å². The Morgan fingerprint density at radius 2 is 1.61 bits per heavy atom. The zero-order valence-electron chi connectivity index (χ0n) is 21.2. The predicted octanol–water partition coefficient (Wildman–Crippen LogP) is 5.57. The molecule has 3 heterocycles. The van der Waals surface area contributed by atoms with Gasteiger partial charge in [-0.3, -0.25) is 9.69 Å². The molecule has 0 saturated carbocycles. The highest BCUT2D eigenvalue weighted by Crippen LogP contribution is 2.35. The average Bonchev–Trinajstić information content (AvgIpc) is 2.92. The molecule has 9 heteroatoms. The Bertz CT molecular complexity index is 1490. The first kappa shape index (κ1) is 27.3. The third-order valence-electron chi connectivity index (χ3n) is 7.21. The van der Waals surface area contributed by atoms with Crippen LogP contribution in [0.4, 0.5) is 20.3 Å². The second-order valence-electron chi connectivity index (χ2n) is 9.33. The van der Waals surface area contributed by atoms with E-state index in [0.29, 0.717) is 30.7 Å². The quantitative estimate of drug-likeness (QED) is 0.315. The van der Waals surface area contributed by atoms with Gasteiger partial charge >= 0.3 is 0 Å². The number of fused-ring (bicyclic) bond motifs is 1. The largest absolute Gasteiger partial charge is 0.365 e. The minimum absolute atomic E-state index is 0. The highest BCUT2D eigenvalue weighted by Gasteiger charge is 2.34. The standard InChI is InChI=1S/C29H27F2N5O.H2S/c1-4-23-18-35(25-17-27(37)34(3)24-13-14-26(32-2)33-28(24)25)15-16-36(23)29(19-5-9-21(30)10-6-19)20-7-11-22(31)12-8-20;/h5-14,17,23,29H,4,15-16,18H2,1,3H3;1H2/t23-;/m0./s1. The van der Waals surface area contributed by atoms with E-state index in [1.807, 2.05) is 0 Å². The Labute approximate surface area is 227 Å². The Balaban J connectivity index is 0.00000336. The fourth-order valence-corrected chi connectivity index (χ4v) is 5.26. The van der Waals surface area contributed by atoms with Gasteiger partial charge < -0.3 is 14.3 Å². The summed E-state index contributed by atoms with van der Waals surface area (Å²) in [5, 5.41) is 0. The van der Waals surface area contributed by atoms with Crippen LogP contribution < -0.4 is 10.5 Å². The molecule has 0 N–H and O–H groups in total. The van der Waals surface area contributed by atoms with E-state index in [1.54, 1.807) is 54.1 Å². The summed E-state index contributed by atoms with van der Waals surface area (Å²) in [6.45, 7) is 11.4. The molecule has 1 aliphatic rings. The minimum Gasteiger partial charge on any atom is -0.365 e. The van der Waals surface area contributed by atoms with Crippen molar-refractivity contribution in [1.82, 2.24) is 14.5 Å². The van der Waals surface area contributed by atoms with Crippen LogP contribution in [0.25, 0.3) is 15.9 Å². The number of rotatable bonds is 5. The second kappa shape index (κ2) is 11.3. The van der Waals surface area contributed by atoms with Gasteiger partial charge in [-0.1, -0.05) is 37.8 Å². The number of pyridine rings is 2. The highest BCUT2D eigenvalue weighted by molar-refractivity contribution is 7.59. The molecule has 0 aliphatic carbocycles. The predicted molar refractivity (Wildman–Crippen MR) is 151 cm³/mol. The van der Waals surface area contributed by atoms with E-state index < -0.39 is 0 Å². The number of hydrogen-bond donors (Lipinski definition) is 0. The van der Waals surface area contributed by atoms with Gasteiger partial charge in [0, 0.05) is 38.8 Å². The number of anilines is 1. The summed E-state index contributed by atoms with van der Waals surface area (Å²) in [6.07, 6.45) is 0.832. The lowest BCUT2D eigenvalue weighted by Gasteiger charge is -2.46. The van der Waals surface area contributed by atoms with Crippen molar-refractivity contribution in [2.24, 2.45) is 7.05 Å². The zero-order chi connectivity index (χ0) is 26.1. The Morgan fingerprint density at radius 1 is 1.00 bits per heavy atom. The molecule has 2 aromatic heterocycles. The maximum absolute atomic E-state index is 13.8. The van der Waals surface area contributed by atoms with Crippen LogP contribution in [0.1, 0.15) is 30.5 Å². The lowest BCUT2D eigenvalue weighted by atomic mass is 9.93. The van der Waals surface area contributed by atoms with Crippen LogP contribution in [-0.2, 0) is 7.05 Å². The molecule has 6 nitrogen and oxygen atoms in total. The maximum Gasteiger partial charge on any atom is 0.270 e. The molecule has 1 aliphatic heterocycles. The van der Waals surface area contributed by atoms with Crippen molar-refractivity contribution < 1.29 is 8.78 Å². The number of hydrogen-bond acceptors (Lipinski definition) is 4. The number of aryl methyl sites for hydroxylation is 1. The van der Waals surface area contributed by atoms with Crippen LogP contribution in [0.2, 0.25) is 0 Å². The molecule has 0 bridgehead atoms. The van der Waals surface area contributed by atoms with Crippen LogP contribution in [0.5, 0.6) is 0 Å². The number of halogens is 2. The summed E-state index contributed by atoms with van der Waals surface area (Å²) < 4.78 is 29.0. The highest BCUT2D eigenvalue weighted by atomic mass is 32.1. The molecule has 38 heavy (non-hydrogen) atoms. The lowest BCUT2D eigenvalue weighted by Crippen LogP contribution is -2.54. The monoisotopic (exact) mass is 533 g/mol. The van der Waals surface area contributed by atoms with Crippen LogP contribution in [0.15, 0.2) is 71.5 Å². The summed E-state index contributed by atoms with van der Waals surface area (Å²) in [5.74, 6) is -0.324. The minimum atomic E-state index is -0.303. The average molecular weight is 534 g/mol. The van der Waals surface area contributed by atoms with Gasteiger partial charge in [-0.05, 0) is 53.9 Å². The van der Waals surface area contributed by atoms with Gasteiger partial charge in [0.1, 0.15) is 11.6 Å². The summed E-state index contributed by atoms with van der Waals surface area (Å²) >= 11 is 0. The second-order valence-corrected chi connectivity index (χ2v) is 9.33. The van der Waals surface area contributed by atoms with Gasteiger partial charge in [-0.2, -0.15) is 13.5 Å². The molecule has 0 unspecified atom stereocenters. The molecule has 1 saturated heterocycles. The molecular formula is C29H29F2N5OS. The van der Waals surface area contributed by atoms with Gasteiger partial charge in [0.2, 0.25) is 5.52 Å². The van der Waals surface area contributed by atoms with E-state index in [9.17, 15) is 13.6 Å². The van der Waals surface area contributed by atoms with Crippen molar-refractivity contribution >= 4 is 36.0 Å². The van der Waals surface area contributed by atoms with Crippen molar-refractivity contribution in [2.75, 3.05) is 24.5 Å². The maximum atomic E-state index is 13.8. The van der Waals surface area contributed by atoms with Gasteiger partial charge in [-0.15, -0.1) is 4.98 Å². The first-order valence-electron chi connectivity index (χ1n) is 12.3. The van der Waals surface area contributed by atoms with E-state index in [0.717, 1.165) is 23.2 Å². The molecule has 1 atom stereocenters. The molecule has 0 spiro atoms. The molecule has 5 rings (SSSR count). The fourth-order valence-electron chi connectivity index (χ4n) is 5.26. The van der Waals surface area contributed by atoms with Crippen molar-refractivity contribution in [3.05, 3.63) is 111 Å². The summed E-state index contributed by atoms with van der Waals surface area (Å²) in [5.41, 5.74) is 3.77. The van der Waals surface area contributed by atoms with Crippen LogP contribution in [0.3, 0.4) is 0 Å². The van der Waals surface area contributed by atoms with Crippen LogP contribution >= 0.6 is 13.5 Å². The van der Waals surface area contributed by atoms with E-state index >= 15 is 0 Å². The number of aromatic nitrogens is 2. The molecule has 0 radical (unpaired) electrons. The van der Waals surface area contributed by atoms with Crippen molar-refractivity contribution in [3.63, 3.8) is 0 Å². The molecule has 1 fully saturated rings. The fraction of sp³-hybridized carbons (Fsp3) is 0.276. The van der Waals surface area contributed by atoms with Crippen molar-refractivity contribution in [3.8, 4) is 0 Å².